The minimum absolute atomic E-state index is 0.130. The van der Waals surface area contributed by atoms with Crippen molar-refractivity contribution in [3.63, 3.8) is 0 Å². The Morgan fingerprint density at radius 1 is 1.14 bits per heavy atom. The Balaban J connectivity index is 1.93. The van der Waals surface area contributed by atoms with Gasteiger partial charge < -0.3 is 15.1 Å². The van der Waals surface area contributed by atoms with Gasteiger partial charge in [0.2, 0.25) is 0 Å². The van der Waals surface area contributed by atoms with Gasteiger partial charge in [-0.2, -0.15) is 0 Å². The molecule has 0 bridgehead atoms. The van der Waals surface area contributed by atoms with Crippen molar-refractivity contribution in [2.24, 2.45) is 0 Å². The van der Waals surface area contributed by atoms with Crippen molar-refractivity contribution in [1.82, 2.24) is 10.3 Å². The van der Waals surface area contributed by atoms with Crippen LogP contribution in [-0.4, -0.2) is 17.8 Å². The predicted molar refractivity (Wildman–Crippen MR) is 90.0 cm³/mol. The first-order chi connectivity index (χ1) is 10.8. The number of hydrogen-bond acceptors (Lipinski definition) is 2. The molecule has 2 aromatic carbocycles. The van der Waals surface area contributed by atoms with E-state index in [1.165, 1.54) is 22.1 Å². The zero-order chi connectivity index (χ0) is 15.4. The minimum Gasteiger partial charge on any atom is -0.361 e. The third-order valence-corrected chi connectivity index (χ3v) is 4.11. The standard InChI is InChI=1S/C19H20N2O/c1-14-6-2-3-7-16(14)19(20-10-11-22)12-15-13-21-18-9-5-4-8-17(15)18/h2-9,11,13,19-21H,10,12H2,1H3. The van der Waals surface area contributed by atoms with E-state index in [4.69, 9.17) is 0 Å². The fourth-order valence-electron chi connectivity index (χ4n) is 2.98. The number of benzene rings is 2. The Morgan fingerprint density at radius 3 is 2.73 bits per heavy atom. The van der Waals surface area contributed by atoms with Gasteiger partial charge in [0.15, 0.2) is 0 Å². The molecule has 22 heavy (non-hydrogen) atoms. The number of carbonyl (C=O) groups is 1. The zero-order valence-electron chi connectivity index (χ0n) is 12.7. The predicted octanol–water partition coefficient (Wildman–Crippen LogP) is 3.55. The number of nitrogens with one attached hydrogen (secondary N) is 2. The van der Waals surface area contributed by atoms with Crippen LogP contribution in [0.25, 0.3) is 10.9 Å². The Hall–Kier alpha value is -2.39. The number of carbonyl (C=O) groups excluding carboxylic acids is 1. The molecule has 0 spiro atoms. The van der Waals surface area contributed by atoms with Gasteiger partial charge in [0, 0.05) is 23.1 Å². The molecule has 3 heteroatoms. The van der Waals surface area contributed by atoms with E-state index in [0.29, 0.717) is 6.54 Å². The fraction of sp³-hybridized carbons (Fsp3) is 0.211. The van der Waals surface area contributed by atoms with E-state index in [9.17, 15) is 4.79 Å². The second-order valence-corrected chi connectivity index (χ2v) is 5.55. The van der Waals surface area contributed by atoms with E-state index in [1.807, 2.05) is 18.2 Å². The van der Waals surface area contributed by atoms with Gasteiger partial charge in [-0.25, -0.2) is 0 Å². The average molecular weight is 292 g/mol. The molecule has 3 nitrogen and oxygen atoms in total. The van der Waals surface area contributed by atoms with Gasteiger partial charge in [-0.15, -0.1) is 0 Å². The molecule has 0 fully saturated rings. The van der Waals surface area contributed by atoms with Gasteiger partial charge in [0.05, 0.1) is 6.54 Å². The summed E-state index contributed by atoms with van der Waals surface area (Å²) in [6.07, 6.45) is 3.84. The molecule has 2 N–H and O–H groups in total. The summed E-state index contributed by atoms with van der Waals surface area (Å²) in [4.78, 5) is 14.1. The first kappa shape index (κ1) is 14.5. The lowest BCUT2D eigenvalue weighted by atomic mass is 9.95. The summed E-state index contributed by atoms with van der Waals surface area (Å²) in [5.74, 6) is 0. The lowest BCUT2D eigenvalue weighted by molar-refractivity contribution is -0.107. The first-order valence-electron chi connectivity index (χ1n) is 7.57. The lowest BCUT2D eigenvalue weighted by Gasteiger charge is -2.20. The molecule has 1 heterocycles. The molecule has 0 aliphatic heterocycles. The second-order valence-electron chi connectivity index (χ2n) is 5.55. The second kappa shape index (κ2) is 6.58. The quantitative estimate of drug-likeness (QED) is 0.682. The first-order valence-corrected chi connectivity index (χ1v) is 7.57. The fourth-order valence-corrected chi connectivity index (χ4v) is 2.98. The topological polar surface area (TPSA) is 44.9 Å². The molecule has 1 unspecified atom stereocenters. The largest absolute Gasteiger partial charge is 0.361 e. The zero-order valence-corrected chi connectivity index (χ0v) is 12.7. The highest BCUT2D eigenvalue weighted by Gasteiger charge is 2.15. The molecule has 0 radical (unpaired) electrons. The van der Waals surface area contributed by atoms with Crippen molar-refractivity contribution in [1.29, 1.82) is 0 Å². The number of aromatic nitrogens is 1. The molecule has 0 amide bonds. The summed E-state index contributed by atoms with van der Waals surface area (Å²) < 4.78 is 0. The highest BCUT2D eigenvalue weighted by Crippen LogP contribution is 2.26. The SMILES string of the molecule is Cc1ccccc1C(Cc1c[nH]c2ccccc12)NCC=O. The number of aromatic amines is 1. The number of rotatable bonds is 6. The minimum atomic E-state index is 0.130. The Morgan fingerprint density at radius 2 is 1.91 bits per heavy atom. The molecule has 3 rings (SSSR count). The van der Waals surface area contributed by atoms with Crippen LogP contribution in [0, 0.1) is 6.92 Å². The lowest BCUT2D eigenvalue weighted by Crippen LogP contribution is -2.25. The number of aryl methyl sites for hydroxylation is 1. The maximum Gasteiger partial charge on any atom is 0.133 e. The Kier molecular flexibility index (Phi) is 4.35. The van der Waals surface area contributed by atoms with Crippen LogP contribution in [0.1, 0.15) is 22.7 Å². The van der Waals surface area contributed by atoms with Crippen LogP contribution in [0.4, 0.5) is 0 Å². The number of fused-ring (bicyclic) bond motifs is 1. The number of para-hydroxylation sites is 1. The third kappa shape index (κ3) is 2.95. The van der Waals surface area contributed by atoms with Crippen LogP contribution in [-0.2, 0) is 11.2 Å². The number of H-pyrrole nitrogens is 1. The number of aldehydes is 1. The van der Waals surface area contributed by atoms with E-state index in [2.05, 4.69) is 53.8 Å². The molecule has 0 aliphatic rings. The highest BCUT2D eigenvalue weighted by atomic mass is 16.1. The molecule has 0 saturated heterocycles. The van der Waals surface area contributed by atoms with Crippen molar-refractivity contribution >= 4 is 17.2 Å². The maximum atomic E-state index is 10.8. The molecule has 0 aliphatic carbocycles. The summed E-state index contributed by atoms with van der Waals surface area (Å²) in [6.45, 7) is 2.47. The summed E-state index contributed by atoms with van der Waals surface area (Å²) in [6, 6.07) is 16.8. The Labute approximate surface area is 130 Å². The molecule has 1 aromatic heterocycles. The van der Waals surface area contributed by atoms with Crippen molar-refractivity contribution in [3.05, 3.63) is 71.4 Å². The normalized spacial score (nSPS) is 12.4. The number of hydrogen-bond donors (Lipinski definition) is 2. The summed E-state index contributed by atoms with van der Waals surface area (Å²) in [7, 11) is 0. The molecular weight excluding hydrogens is 272 g/mol. The monoisotopic (exact) mass is 292 g/mol. The van der Waals surface area contributed by atoms with Crippen LogP contribution in [0.5, 0.6) is 0 Å². The van der Waals surface area contributed by atoms with Gasteiger partial charge in [-0.1, -0.05) is 42.5 Å². The van der Waals surface area contributed by atoms with Gasteiger partial charge in [0.25, 0.3) is 0 Å². The average Bonchev–Trinajstić information content (AvgIpc) is 2.95. The molecule has 3 aromatic rings. The van der Waals surface area contributed by atoms with Crippen LogP contribution in [0.2, 0.25) is 0 Å². The van der Waals surface area contributed by atoms with Crippen molar-refractivity contribution in [2.75, 3.05) is 6.54 Å². The summed E-state index contributed by atoms with van der Waals surface area (Å²) in [5, 5.41) is 4.59. The highest BCUT2D eigenvalue weighted by molar-refractivity contribution is 5.83. The summed E-state index contributed by atoms with van der Waals surface area (Å²) >= 11 is 0. The van der Waals surface area contributed by atoms with E-state index in [0.717, 1.165) is 18.2 Å². The van der Waals surface area contributed by atoms with Gasteiger partial charge >= 0.3 is 0 Å². The van der Waals surface area contributed by atoms with Gasteiger partial charge in [-0.3, -0.25) is 0 Å². The molecule has 112 valence electrons. The maximum absolute atomic E-state index is 10.8. The van der Waals surface area contributed by atoms with E-state index in [1.54, 1.807) is 0 Å². The van der Waals surface area contributed by atoms with Crippen molar-refractivity contribution in [3.8, 4) is 0 Å². The van der Waals surface area contributed by atoms with E-state index >= 15 is 0 Å². The van der Waals surface area contributed by atoms with Crippen LogP contribution in [0.3, 0.4) is 0 Å². The van der Waals surface area contributed by atoms with Crippen molar-refractivity contribution < 1.29 is 4.79 Å². The smallest absolute Gasteiger partial charge is 0.133 e. The van der Waals surface area contributed by atoms with E-state index in [-0.39, 0.29) is 6.04 Å². The van der Waals surface area contributed by atoms with Crippen LogP contribution >= 0.6 is 0 Å². The van der Waals surface area contributed by atoms with Crippen LogP contribution < -0.4 is 5.32 Å². The summed E-state index contributed by atoms with van der Waals surface area (Å²) in [5.41, 5.74) is 4.90. The van der Waals surface area contributed by atoms with E-state index < -0.39 is 0 Å². The molecule has 1 atom stereocenters. The van der Waals surface area contributed by atoms with Crippen molar-refractivity contribution in [2.45, 2.75) is 19.4 Å². The molecule has 0 saturated carbocycles. The Bertz CT molecular complexity index is 776. The van der Waals surface area contributed by atoms with Gasteiger partial charge in [-0.05, 0) is 36.1 Å². The van der Waals surface area contributed by atoms with Crippen LogP contribution in [0.15, 0.2) is 54.7 Å². The third-order valence-electron chi connectivity index (χ3n) is 4.11. The van der Waals surface area contributed by atoms with Gasteiger partial charge in [0.1, 0.15) is 6.29 Å². The molecular formula is C19H20N2O.